The number of halogens is 3. The van der Waals surface area contributed by atoms with Crippen molar-refractivity contribution in [3.05, 3.63) is 72.7 Å². The molecule has 0 amide bonds. The molecule has 3 heterocycles. The molecule has 1 saturated heterocycles. The van der Waals surface area contributed by atoms with Crippen LogP contribution < -0.4 is 20.3 Å². The molecule has 1 aliphatic heterocycles. The number of nitrogens with one attached hydrogen (secondary N) is 2. The number of piperidine rings is 1. The van der Waals surface area contributed by atoms with Gasteiger partial charge in [-0.25, -0.2) is 8.42 Å². The molecule has 1 fully saturated rings. The van der Waals surface area contributed by atoms with Gasteiger partial charge in [0.05, 0.1) is 47.3 Å². The minimum atomic E-state index is -4.43. The molecular formula is C31H32F3N5O3S. The van der Waals surface area contributed by atoms with Crippen LogP contribution in [0, 0.1) is 11.8 Å². The van der Waals surface area contributed by atoms with E-state index in [1.807, 2.05) is 24.4 Å². The lowest BCUT2D eigenvalue weighted by Crippen LogP contribution is -2.39. The topological polar surface area (TPSA) is 88.5 Å². The van der Waals surface area contributed by atoms with Crippen molar-refractivity contribution < 1.29 is 26.3 Å². The Kier molecular flexibility index (Phi) is 8.73. The summed E-state index contributed by atoms with van der Waals surface area (Å²) in [5, 5.41) is 7.29. The van der Waals surface area contributed by atoms with Crippen LogP contribution in [-0.2, 0) is 16.4 Å². The first-order chi connectivity index (χ1) is 20.5. The molecule has 43 heavy (non-hydrogen) atoms. The molecule has 0 aliphatic carbocycles. The summed E-state index contributed by atoms with van der Waals surface area (Å²) in [6.45, 7) is 0.629. The molecule has 5 rings (SSSR count). The van der Waals surface area contributed by atoms with Crippen LogP contribution in [0.1, 0.15) is 18.5 Å². The second-order valence-electron chi connectivity index (χ2n) is 10.4. The molecule has 12 heteroatoms. The first kappa shape index (κ1) is 30.1. The van der Waals surface area contributed by atoms with Crippen molar-refractivity contribution in [3.63, 3.8) is 0 Å². The number of fused-ring (bicyclic) bond motifs is 1. The predicted octanol–water partition coefficient (Wildman–Crippen LogP) is 5.56. The lowest BCUT2D eigenvalue weighted by Gasteiger charge is -2.34. The van der Waals surface area contributed by atoms with Gasteiger partial charge < -0.3 is 24.8 Å². The molecule has 4 aromatic rings. The number of benzene rings is 2. The molecule has 0 atom stereocenters. The van der Waals surface area contributed by atoms with E-state index in [4.69, 9.17) is 4.74 Å². The highest BCUT2D eigenvalue weighted by molar-refractivity contribution is 7.90. The number of nitrogens with zero attached hydrogens (tertiary/aromatic N) is 3. The number of pyridine rings is 1. The first-order valence-corrected chi connectivity index (χ1v) is 15.6. The summed E-state index contributed by atoms with van der Waals surface area (Å²) in [6.07, 6.45) is 2.02. The van der Waals surface area contributed by atoms with Crippen LogP contribution in [0.3, 0.4) is 0 Å². The lowest BCUT2D eigenvalue weighted by atomic mass is 10.0. The molecule has 1 aliphatic rings. The van der Waals surface area contributed by atoms with Crippen molar-refractivity contribution >= 4 is 37.8 Å². The highest BCUT2D eigenvalue weighted by atomic mass is 32.2. The minimum Gasteiger partial charge on any atom is -0.495 e. The van der Waals surface area contributed by atoms with Crippen LogP contribution >= 0.6 is 0 Å². The van der Waals surface area contributed by atoms with Crippen LogP contribution in [0.15, 0.2) is 71.9 Å². The van der Waals surface area contributed by atoms with E-state index in [-0.39, 0.29) is 23.2 Å². The van der Waals surface area contributed by atoms with Crippen LogP contribution in [0.5, 0.6) is 5.75 Å². The van der Waals surface area contributed by atoms with Crippen molar-refractivity contribution in [2.45, 2.75) is 36.5 Å². The normalized spacial score (nSPS) is 14.3. The van der Waals surface area contributed by atoms with Crippen LogP contribution in [0.2, 0.25) is 0 Å². The fourth-order valence-electron chi connectivity index (χ4n) is 5.23. The third kappa shape index (κ3) is 7.35. The van der Waals surface area contributed by atoms with Crippen molar-refractivity contribution in [3.8, 4) is 17.6 Å². The summed E-state index contributed by atoms with van der Waals surface area (Å²) in [5.41, 5.74) is 3.06. The van der Waals surface area contributed by atoms with E-state index in [1.54, 1.807) is 30.5 Å². The zero-order valence-electron chi connectivity index (χ0n) is 23.8. The highest BCUT2D eigenvalue weighted by Crippen LogP contribution is 2.32. The number of rotatable bonds is 8. The average Bonchev–Trinajstić information content (AvgIpc) is 3.32. The van der Waals surface area contributed by atoms with Gasteiger partial charge in [-0.1, -0.05) is 12.0 Å². The molecular weight excluding hydrogens is 579 g/mol. The summed E-state index contributed by atoms with van der Waals surface area (Å²) in [5.74, 6) is 6.11. The average molecular weight is 612 g/mol. The monoisotopic (exact) mass is 611 g/mol. The van der Waals surface area contributed by atoms with Crippen molar-refractivity contribution in [1.29, 1.82) is 0 Å². The molecule has 2 aromatic carbocycles. The molecule has 2 N–H and O–H groups in total. The highest BCUT2D eigenvalue weighted by Gasteiger charge is 2.30. The van der Waals surface area contributed by atoms with Gasteiger partial charge in [-0.15, -0.1) is 0 Å². The largest absolute Gasteiger partial charge is 0.495 e. The summed E-state index contributed by atoms with van der Waals surface area (Å²) in [6, 6.07) is 15.6. The SMILES string of the molecule is COc1cc(S(C)(=O)=O)ccc1NCC#Cc1cc2c(NC3CCN(c4cccnc4)CC3)cccc2n1CC(F)(F)F. The number of alkyl halides is 3. The molecule has 0 unspecified atom stereocenters. The Morgan fingerprint density at radius 1 is 1.07 bits per heavy atom. The molecule has 0 saturated carbocycles. The van der Waals surface area contributed by atoms with Gasteiger partial charge in [0.25, 0.3) is 0 Å². The fourth-order valence-corrected chi connectivity index (χ4v) is 5.87. The summed E-state index contributed by atoms with van der Waals surface area (Å²) >= 11 is 0. The quantitative estimate of drug-likeness (QED) is 0.253. The Labute approximate surface area is 248 Å². The van der Waals surface area contributed by atoms with Crippen molar-refractivity contribution in [1.82, 2.24) is 9.55 Å². The van der Waals surface area contributed by atoms with Gasteiger partial charge in [0.1, 0.15) is 12.3 Å². The van der Waals surface area contributed by atoms with E-state index < -0.39 is 22.6 Å². The summed E-state index contributed by atoms with van der Waals surface area (Å²) < 4.78 is 71.1. The van der Waals surface area contributed by atoms with Crippen LogP contribution in [0.4, 0.5) is 30.2 Å². The van der Waals surface area contributed by atoms with E-state index in [1.165, 1.54) is 23.8 Å². The van der Waals surface area contributed by atoms with Crippen LogP contribution in [-0.4, -0.2) is 63.2 Å². The number of methoxy groups -OCH3 is 1. The van der Waals surface area contributed by atoms with Gasteiger partial charge in [0.15, 0.2) is 9.84 Å². The summed E-state index contributed by atoms with van der Waals surface area (Å²) in [7, 11) is -1.99. The van der Waals surface area contributed by atoms with E-state index in [2.05, 4.69) is 32.4 Å². The number of hydrogen-bond acceptors (Lipinski definition) is 7. The number of sulfone groups is 1. The maximum atomic E-state index is 13.6. The van der Waals surface area contributed by atoms with Gasteiger partial charge in [-0.2, -0.15) is 13.2 Å². The van der Waals surface area contributed by atoms with Gasteiger partial charge in [0.2, 0.25) is 0 Å². The van der Waals surface area contributed by atoms with Gasteiger partial charge >= 0.3 is 6.18 Å². The lowest BCUT2D eigenvalue weighted by molar-refractivity contribution is -0.140. The third-order valence-electron chi connectivity index (χ3n) is 7.33. The van der Waals surface area contributed by atoms with Crippen molar-refractivity contribution in [2.75, 3.05) is 48.5 Å². The second kappa shape index (κ2) is 12.5. The van der Waals surface area contributed by atoms with E-state index in [9.17, 15) is 21.6 Å². The van der Waals surface area contributed by atoms with Crippen molar-refractivity contribution in [2.24, 2.45) is 0 Å². The number of hydrogen-bond donors (Lipinski definition) is 2. The predicted molar refractivity (Wildman–Crippen MR) is 163 cm³/mol. The van der Waals surface area contributed by atoms with Gasteiger partial charge in [0, 0.05) is 48.7 Å². The zero-order chi connectivity index (χ0) is 30.6. The molecule has 0 radical (unpaired) electrons. The number of ether oxygens (including phenoxy) is 1. The Morgan fingerprint density at radius 3 is 2.53 bits per heavy atom. The minimum absolute atomic E-state index is 0.0999. The third-order valence-corrected chi connectivity index (χ3v) is 8.44. The number of aromatic nitrogens is 2. The Balaban J connectivity index is 1.35. The smallest absolute Gasteiger partial charge is 0.406 e. The van der Waals surface area contributed by atoms with Crippen LogP contribution in [0.25, 0.3) is 10.9 Å². The maximum absolute atomic E-state index is 13.6. The fraction of sp³-hybridized carbons (Fsp3) is 0.323. The summed E-state index contributed by atoms with van der Waals surface area (Å²) in [4.78, 5) is 6.59. The molecule has 226 valence electrons. The van der Waals surface area contributed by atoms with Gasteiger partial charge in [-0.3, -0.25) is 4.98 Å². The molecule has 8 nitrogen and oxygen atoms in total. The molecule has 2 aromatic heterocycles. The Morgan fingerprint density at radius 2 is 1.86 bits per heavy atom. The standard InChI is InChI=1S/C31H32F3N5O3S/c1-42-30-19-25(43(2,40)41)10-11-28(30)36-15-5-6-23-18-26-27(8-3-9-29(26)39(23)21-31(32,33)34)37-22-12-16-38(17-13-22)24-7-4-14-35-20-24/h3-4,7-11,14,18-20,22,36-37H,12-13,15-17,21H2,1-2H3. The number of anilines is 3. The van der Waals surface area contributed by atoms with E-state index in [0.29, 0.717) is 22.3 Å². The maximum Gasteiger partial charge on any atom is 0.406 e. The second-order valence-corrected chi connectivity index (χ2v) is 12.4. The molecule has 0 bridgehead atoms. The Hall–Kier alpha value is -4.37. The molecule has 0 spiro atoms. The first-order valence-electron chi connectivity index (χ1n) is 13.7. The Bertz CT molecular complexity index is 1750. The zero-order valence-corrected chi connectivity index (χ0v) is 24.6. The van der Waals surface area contributed by atoms with E-state index >= 15 is 0 Å². The van der Waals surface area contributed by atoms with Gasteiger partial charge in [-0.05, 0) is 61.2 Å². The van der Waals surface area contributed by atoms with E-state index in [0.717, 1.165) is 43.6 Å².